The van der Waals surface area contributed by atoms with E-state index in [9.17, 15) is 9.59 Å². The number of hydrogen-bond acceptors (Lipinski definition) is 9. The van der Waals surface area contributed by atoms with E-state index in [0.29, 0.717) is 54.5 Å². The summed E-state index contributed by atoms with van der Waals surface area (Å²) in [6.45, 7) is 11.3. The fourth-order valence-corrected chi connectivity index (χ4v) is 5.46. The number of fused-ring (bicyclic) bond motifs is 1. The van der Waals surface area contributed by atoms with E-state index in [1.165, 1.54) is 11.3 Å². The summed E-state index contributed by atoms with van der Waals surface area (Å²) in [5.74, 6) is 0.620. The van der Waals surface area contributed by atoms with Gasteiger partial charge in [0.25, 0.3) is 0 Å². The van der Waals surface area contributed by atoms with Gasteiger partial charge in [-0.1, -0.05) is 20.8 Å². The Labute approximate surface area is 239 Å². The summed E-state index contributed by atoms with van der Waals surface area (Å²) in [6, 6.07) is 7.02. The molecule has 1 fully saturated rings. The van der Waals surface area contributed by atoms with Crippen LogP contribution in [-0.4, -0.2) is 71.7 Å². The molecule has 1 aliphatic rings. The number of thiazole rings is 1. The smallest absolute Gasteiger partial charge is 0.240 e. The Morgan fingerprint density at radius 3 is 2.62 bits per heavy atom. The first-order valence-corrected chi connectivity index (χ1v) is 14.4. The Balaban J connectivity index is 1.67. The second kappa shape index (κ2) is 12.4. The minimum atomic E-state index is -0.712. The molecule has 1 aromatic carbocycles. The van der Waals surface area contributed by atoms with Gasteiger partial charge in [0, 0.05) is 48.9 Å². The largest absolute Gasteiger partial charge is 0.491 e. The summed E-state index contributed by atoms with van der Waals surface area (Å²) in [6.07, 6.45) is 0.224. The molecule has 1 saturated heterocycles. The molecule has 0 spiro atoms. The third-order valence-corrected chi connectivity index (χ3v) is 7.14. The number of carbonyl (C=O) groups is 2. The Morgan fingerprint density at radius 2 is 1.95 bits per heavy atom. The van der Waals surface area contributed by atoms with Gasteiger partial charge in [-0.05, 0) is 31.4 Å². The summed E-state index contributed by atoms with van der Waals surface area (Å²) >= 11 is 1.51. The van der Waals surface area contributed by atoms with Crippen molar-refractivity contribution in [1.82, 2.24) is 14.9 Å². The highest BCUT2D eigenvalue weighted by molar-refractivity contribution is 7.14. The van der Waals surface area contributed by atoms with Crippen LogP contribution in [-0.2, 0) is 14.3 Å². The van der Waals surface area contributed by atoms with Gasteiger partial charge in [0.05, 0.1) is 24.4 Å². The van der Waals surface area contributed by atoms with Crippen molar-refractivity contribution in [3.05, 3.63) is 29.6 Å². The van der Waals surface area contributed by atoms with Crippen molar-refractivity contribution in [3.8, 4) is 22.9 Å². The van der Waals surface area contributed by atoms with Gasteiger partial charge in [0.1, 0.15) is 35.9 Å². The van der Waals surface area contributed by atoms with Crippen molar-refractivity contribution in [2.24, 2.45) is 11.1 Å². The zero-order chi connectivity index (χ0) is 29.0. The summed E-state index contributed by atoms with van der Waals surface area (Å²) in [5.41, 5.74) is 7.54. The molecule has 11 heteroatoms. The number of nitrogens with zero attached hydrogens (tertiary/aromatic N) is 3. The molecule has 216 valence electrons. The van der Waals surface area contributed by atoms with E-state index in [4.69, 9.17) is 29.9 Å². The van der Waals surface area contributed by atoms with Crippen molar-refractivity contribution in [3.63, 3.8) is 0 Å². The fourth-order valence-electron chi connectivity index (χ4n) is 4.61. The van der Waals surface area contributed by atoms with Crippen molar-refractivity contribution >= 4 is 39.2 Å². The van der Waals surface area contributed by atoms with Crippen LogP contribution in [0.2, 0.25) is 0 Å². The molecule has 4 rings (SSSR count). The number of likely N-dealkylation sites (tertiary alicyclic amines) is 1. The van der Waals surface area contributed by atoms with Crippen LogP contribution >= 0.6 is 11.3 Å². The number of aromatic nitrogens is 2. The molecule has 0 aliphatic carbocycles. The molecule has 0 unspecified atom stereocenters. The van der Waals surface area contributed by atoms with Gasteiger partial charge in [0.2, 0.25) is 11.8 Å². The predicted molar refractivity (Wildman–Crippen MR) is 157 cm³/mol. The second-order valence-electron chi connectivity index (χ2n) is 11.5. The predicted octanol–water partition coefficient (Wildman–Crippen LogP) is 4.47. The standard InChI is InChI=1S/C29H39N5O5S/c1-17(2)31-28-33-23(16-40-28)22-13-25(20-8-7-18(11-21(20)32-22)38-10-9-37-6)39-19-12-24(27(30)36)34(15-19)26(35)14-29(3,4)5/h7-8,11,13,16-17,19,24H,9-10,12,14-15H2,1-6H3,(H2,30,36)(H,31,33)/t19-,24+/m1/s1. The Bertz CT molecular complexity index is 1350. The van der Waals surface area contributed by atoms with Crippen LogP contribution in [0, 0.1) is 5.41 Å². The second-order valence-corrected chi connectivity index (χ2v) is 12.4. The number of primary amides is 1. The SMILES string of the molecule is COCCOc1ccc2c(O[C@@H]3C[C@@H](C(N)=O)N(C(=O)CC(C)(C)C)C3)cc(-c3csc(NC(C)C)n3)nc2c1. The number of nitrogens with two attached hydrogens (primary N) is 1. The van der Waals surface area contributed by atoms with E-state index < -0.39 is 18.1 Å². The molecule has 0 radical (unpaired) electrons. The van der Waals surface area contributed by atoms with Crippen LogP contribution in [0.5, 0.6) is 11.5 Å². The minimum absolute atomic E-state index is 0.104. The number of benzene rings is 1. The van der Waals surface area contributed by atoms with Gasteiger partial charge in [-0.25, -0.2) is 9.97 Å². The van der Waals surface area contributed by atoms with Gasteiger partial charge in [-0.15, -0.1) is 11.3 Å². The van der Waals surface area contributed by atoms with E-state index >= 15 is 0 Å². The van der Waals surface area contributed by atoms with Crippen LogP contribution in [0.15, 0.2) is 29.6 Å². The molecule has 2 aromatic heterocycles. The number of anilines is 1. The van der Waals surface area contributed by atoms with Gasteiger partial charge >= 0.3 is 0 Å². The number of nitrogens with one attached hydrogen (secondary N) is 1. The topological polar surface area (TPSA) is 129 Å². The molecular weight excluding hydrogens is 530 g/mol. The highest BCUT2D eigenvalue weighted by Crippen LogP contribution is 2.36. The van der Waals surface area contributed by atoms with Gasteiger partial charge < -0.3 is 30.2 Å². The van der Waals surface area contributed by atoms with Crippen LogP contribution < -0.4 is 20.5 Å². The van der Waals surface area contributed by atoms with Gasteiger partial charge in [-0.2, -0.15) is 0 Å². The average Bonchev–Trinajstić information content (AvgIpc) is 3.50. The minimum Gasteiger partial charge on any atom is -0.491 e. The third kappa shape index (κ3) is 7.39. The summed E-state index contributed by atoms with van der Waals surface area (Å²) in [5, 5.41) is 6.87. The van der Waals surface area contributed by atoms with E-state index in [1.807, 2.05) is 50.4 Å². The molecule has 3 heterocycles. The molecule has 2 atom stereocenters. The van der Waals surface area contributed by atoms with E-state index in [1.54, 1.807) is 12.0 Å². The zero-order valence-corrected chi connectivity index (χ0v) is 24.8. The molecule has 10 nitrogen and oxygen atoms in total. The first-order chi connectivity index (χ1) is 18.9. The molecule has 0 saturated carbocycles. The Kier molecular flexibility index (Phi) is 9.15. The van der Waals surface area contributed by atoms with Crippen LogP contribution in [0.4, 0.5) is 5.13 Å². The normalized spacial score (nSPS) is 17.4. The molecular formula is C29H39N5O5S. The summed E-state index contributed by atoms with van der Waals surface area (Å²) in [7, 11) is 1.63. The highest BCUT2D eigenvalue weighted by atomic mass is 32.1. The van der Waals surface area contributed by atoms with Crippen LogP contribution in [0.1, 0.15) is 47.5 Å². The average molecular weight is 570 g/mol. The van der Waals surface area contributed by atoms with Crippen LogP contribution in [0.3, 0.4) is 0 Å². The number of methoxy groups -OCH3 is 1. The van der Waals surface area contributed by atoms with Crippen molar-refractivity contribution < 1.29 is 23.8 Å². The molecule has 1 aliphatic heterocycles. The molecule has 0 bridgehead atoms. The lowest BCUT2D eigenvalue weighted by Crippen LogP contribution is -2.44. The molecule has 3 aromatic rings. The molecule has 40 heavy (non-hydrogen) atoms. The van der Waals surface area contributed by atoms with Gasteiger partial charge in [-0.3, -0.25) is 9.59 Å². The fraction of sp³-hybridized carbons (Fsp3) is 0.517. The highest BCUT2D eigenvalue weighted by Gasteiger charge is 2.40. The lowest BCUT2D eigenvalue weighted by Gasteiger charge is -2.26. The monoisotopic (exact) mass is 569 g/mol. The lowest BCUT2D eigenvalue weighted by atomic mass is 9.91. The first-order valence-electron chi connectivity index (χ1n) is 13.5. The molecule has 2 amide bonds. The summed E-state index contributed by atoms with van der Waals surface area (Å²) in [4.78, 5) is 36.5. The number of carbonyl (C=O) groups excluding carboxylic acids is 2. The zero-order valence-electron chi connectivity index (χ0n) is 24.0. The van der Waals surface area contributed by atoms with E-state index in [-0.39, 0.29) is 23.9 Å². The summed E-state index contributed by atoms with van der Waals surface area (Å²) < 4.78 is 17.4. The lowest BCUT2D eigenvalue weighted by molar-refractivity contribution is -0.138. The quantitative estimate of drug-likeness (QED) is 0.324. The number of hydrogen-bond donors (Lipinski definition) is 2. The van der Waals surface area contributed by atoms with Crippen LogP contribution in [0.25, 0.3) is 22.3 Å². The Morgan fingerprint density at radius 1 is 1.18 bits per heavy atom. The number of rotatable bonds is 11. The number of amides is 2. The van der Waals surface area contributed by atoms with E-state index in [0.717, 1.165) is 10.5 Å². The maximum absolute atomic E-state index is 13.1. The maximum atomic E-state index is 13.1. The molecule has 3 N–H and O–H groups in total. The number of ether oxygens (including phenoxy) is 3. The Hall–Kier alpha value is -3.44. The van der Waals surface area contributed by atoms with Gasteiger partial charge in [0.15, 0.2) is 5.13 Å². The maximum Gasteiger partial charge on any atom is 0.240 e. The third-order valence-electron chi connectivity index (χ3n) is 6.36. The number of pyridine rings is 1. The first kappa shape index (κ1) is 29.5. The van der Waals surface area contributed by atoms with Crippen molar-refractivity contribution in [1.29, 1.82) is 0 Å². The van der Waals surface area contributed by atoms with Crippen molar-refractivity contribution in [2.75, 3.05) is 32.2 Å². The van der Waals surface area contributed by atoms with Crippen molar-refractivity contribution in [2.45, 2.75) is 65.6 Å². The van der Waals surface area contributed by atoms with E-state index in [2.05, 4.69) is 19.2 Å².